The number of amides is 1. The zero-order valence-electron chi connectivity index (χ0n) is 16.4. The second-order valence-corrected chi connectivity index (χ2v) is 8.81. The molecule has 4 rings (SSSR count). The molecule has 2 heterocycles. The van der Waals surface area contributed by atoms with Gasteiger partial charge in [-0.15, -0.1) is 0 Å². The lowest BCUT2D eigenvalue weighted by Crippen LogP contribution is -2.50. The Morgan fingerprint density at radius 1 is 1.06 bits per heavy atom. The number of piperidine rings is 1. The van der Waals surface area contributed by atoms with Crippen LogP contribution in [0.2, 0.25) is 0 Å². The van der Waals surface area contributed by atoms with E-state index in [-0.39, 0.29) is 22.3 Å². The monoisotopic (exact) mass is 441 g/mol. The lowest BCUT2D eigenvalue weighted by Gasteiger charge is -2.23. The summed E-state index contributed by atoms with van der Waals surface area (Å²) >= 11 is 0. The SMILES string of the molecule is Nc1ncc(-c2ccc(-c3ccccc3S(=O)(=O)N[C@@H]3CCCNC3=O)cc2F)cn1. The molecule has 10 heteroatoms. The Kier molecular flexibility index (Phi) is 5.66. The Balaban J connectivity index is 1.69. The highest BCUT2D eigenvalue weighted by atomic mass is 32.2. The van der Waals surface area contributed by atoms with E-state index < -0.39 is 21.9 Å². The van der Waals surface area contributed by atoms with Gasteiger partial charge < -0.3 is 11.1 Å². The molecule has 0 unspecified atom stereocenters. The average molecular weight is 441 g/mol. The molecular weight excluding hydrogens is 421 g/mol. The van der Waals surface area contributed by atoms with Crippen molar-refractivity contribution in [2.45, 2.75) is 23.8 Å². The molecule has 1 aliphatic heterocycles. The zero-order valence-corrected chi connectivity index (χ0v) is 17.2. The first-order chi connectivity index (χ1) is 14.8. The summed E-state index contributed by atoms with van der Waals surface area (Å²) < 4.78 is 43.4. The Labute approximate surface area is 178 Å². The number of anilines is 1. The molecule has 1 aliphatic rings. The first-order valence-corrected chi connectivity index (χ1v) is 11.1. The normalized spacial score (nSPS) is 16.7. The molecule has 3 aromatic rings. The number of nitrogens with two attached hydrogens (primary N) is 1. The number of sulfonamides is 1. The van der Waals surface area contributed by atoms with Crippen LogP contribution in [0, 0.1) is 5.82 Å². The molecule has 1 saturated heterocycles. The third-order valence-electron chi connectivity index (χ3n) is 5.02. The predicted molar refractivity (Wildman–Crippen MR) is 114 cm³/mol. The molecule has 0 aliphatic carbocycles. The van der Waals surface area contributed by atoms with Gasteiger partial charge in [0.1, 0.15) is 11.9 Å². The number of halogens is 1. The Bertz CT molecular complexity index is 1230. The number of hydrogen-bond acceptors (Lipinski definition) is 6. The Hall–Kier alpha value is -3.37. The van der Waals surface area contributed by atoms with Crippen LogP contribution >= 0.6 is 0 Å². The van der Waals surface area contributed by atoms with Crippen LogP contribution in [0.5, 0.6) is 0 Å². The predicted octanol–water partition coefficient (Wildman–Crippen LogP) is 2.09. The van der Waals surface area contributed by atoms with Gasteiger partial charge in [-0.05, 0) is 30.5 Å². The number of benzene rings is 2. The molecule has 0 bridgehead atoms. The van der Waals surface area contributed by atoms with Gasteiger partial charge in [0.05, 0.1) is 4.90 Å². The van der Waals surface area contributed by atoms with Gasteiger partial charge in [0, 0.05) is 35.6 Å². The summed E-state index contributed by atoms with van der Waals surface area (Å²) in [6.45, 7) is 0.526. The van der Waals surface area contributed by atoms with Crippen LogP contribution in [0.15, 0.2) is 59.8 Å². The highest BCUT2D eigenvalue weighted by Gasteiger charge is 2.29. The van der Waals surface area contributed by atoms with E-state index in [0.717, 1.165) is 0 Å². The molecule has 4 N–H and O–H groups in total. The summed E-state index contributed by atoms with van der Waals surface area (Å²) in [5, 5.41) is 2.65. The summed E-state index contributed by atoms with van der Waals surface area (Å²) in [6, 6.07) is 9.84. The van der Waals surface area contributed by atoms with Crippen molar-refractivity contribution in [1.29, 1.82) is 0 Å². The fourth-order valence-electron chi connectivity index (χ4n) is 3.47. The molecule has 0 spiro atoms. The molecular formula is C21H20FN5O3S. The van der Waals surface area contributed by atoms with Crippen LogP contribution in [0.1, 0.15) is 12.8 Å². The van der Waals surface area contributed by atoms with Crippen LogP contribution in [0.3, 0.4) is 0 Å². The molecule has 1 fully saturated rings. The third-order valence-corrected chi connectivity index (χ3v) is 6.55. The minimum atomic E-state index is -4.02. The van der Waals surface area contributed by atoms with Crippen LogP contribution in [0.25, 0.3) is 22.3 Å². The molecule has 1 amide bonds. The van der Waals surface area contributed by atoms with Crippen LogP contribution in [-0.2, 0) is 14.8 Å². The van der Waals surface area contributed by atoms with Gasteiger partial charge in [-0.25, -0.2) is 22.8 Å². The molecule has 1 aromatic heterocycles. The van der Waals surface area contributed by atoms with Crippen molar-refractivity contribution in [3.8, 4) is 22.3 Å². The maximum absolute atomic E-state index is 14.9. The van der Waals surface area contributed by atoms with E-state index in [1.54, 1.807) is 24.3 Å². The number of nitrogens with zero attached hydrogens (tertiary/aromatic N) is 2. The van der Waals surface area contributed by atoms with Crippen molar-refractivity contribution in [3.63, 3.8) is 0 Å². The third kappa shape index (κ3) is 4.39. The summed E-state index contributed by atoms with van der Waals surface area (Å²) in [6.07, 6.45) is 3.93. The largest absolute Gasteiger partial charge is 0.368 e. The lowest BCUT2D eigenvalue weighted by molar-refractivity contribution is -0.124. The molecule has 0 radical (unpaired) electrons. The number of hydrogen-bond donors (Lipinski definition) is 3. The first kappa shape index (κ1) is 20.9. The van der Waals surface area contributed by atoms with E-state index >= 15 is 0 Å². The first-order valence-electron chi connectivity index (χ1n) is 9.62. The smallest absolute Gasteiger partial charge is 0.241 e. The van der Waals surface area contributed by atoms with Gasteiger partial charge in [-0.3, -0.25) is 4.79 Å². The van der Waals surface area contributed by atoms with Crippen molar-refractivity contribution in [2.24, 2.45) is 0 Å². The minimum Gasteiger partial charge on any atom is -0.368 e. The van der Waals surface area contributed by atoms with E-state index in [1.807, 2.05) is 0 Å². The van der Waals surface area contributed by atoms with E-state index in [9.17, 15) is 17.6 Å². The second-order valence-electron chi connectivity index (χ2n) is 7.13. The molecule has 8 nitrogen and oxygen atoms in total. The number of carbonyl (C=O) groups is 1. The van der Waals surface area contributed by atoms with Crippen molar-refractivity contribution in [2.75, 3.05) is 12.3 Å². The van der Waals surface area contributed by atoms with Crippen molar-refractivity contribution in [3.05, 3.63) is 60.7 Å². The quantitative estimate of drug-likeness (QED) is 0.556. The molecule has 31 heavy (non-hydrogen) atoms. The zero-order chi connectivity index (χ0) is 22.0. The Morgan fingerprint density at radius 3 is 2.52 bits per heavy atom. The topological polar surface area (TPSA) is 127 Å². The second kappa shape index (κ2) is 8.40. The number of aromatic nitrogens is 2. The van der Waals surface area contributed by atoms with Crippen LogP contribution in [-0.4, -0.2) is 36.9 Å². The van der Waals surface area contributed by atoms with E-state index in [2.05, 4.69) is 20.0 Å². The van der Waals surface area contributed by atoms with Gasteiger partial charge in [0.15, 0.2) is 0 Å². The van der Waals surface area contributed by atoms with Crippen LogP contribution < -0.4 is 15.8 Å². The van der Waals surface area contributed by atoms with E-state index in [4.69, 9.17) is 5.73 Å². The highest BCUT2D eigenvalue weighted by molar-refractivity contribution is 7.89. The Morgan fingerprint density at radius 2 is 1.81 bits per heavy atom. The fraction of sp³-hybridized carbons (Fsp3) is 0.190. The van der Waals surface area contributed by atoms with Crippen molar-refractivity contribution < 1.29 is 17.6 Å². The van der Waals surface area contributed by atoms with E-state index in [0.29, 0.717) is 36.1 Å². The molecule has 2 aromatic carbocycles. The van der Waals surface area contributed by atoms with Crippen molar-refractivity contribution >= 4 is 21.9 Å². The van der Waals surface area contributed by atoms with E-state index in [1.165, 1.54) is 30.6 Å². The van der Waals surface area contributed by atoms with Gasteiger partial charge in [0.25, 0.3) is 0 Å². The fourth-order valence-corrected chi connectivity index (χ4v) is 4.93. The maximum atomic E-state index is 14.9. The summed E-state index contributed by atoms with van der Waals surface area (Å²) in [7, 11) is -4.02. The lowest BCUT2D eigenvalue weighted by atomic mass is 10.0. The van der Waals surface area contributed by atoms with Gasteiger partial charge in [-0.2, -0.15) is 4.72 Å². The minimum absolute atomic E-state index is 0.0312. The standard InChI is InChI=1S/C21H20FN5O3S/c22-17-10-13(7-8-15(17)14-11-25-21(23)26-12-14)16-4-1-2-6-19(16)31(29,30)27-18-5-3-9-24-20(18)28/h1-2,4,6-8,10-12,18,27H,3,5,9H2,(H,24,28)(H2,23,25,26)/t18-/m1/s1. The highest BCUT2D eigenvalue weighted by Crippen LogP contribution is 2.31. The summed E-state index contributed by atoms with van der Waals surface area (Å²) in [5.74, 6) is -0.829. The number of rotatable bonds is 5. The average Bonchev–Trinajstić information content (AvgIpc) is 2.76. The number of nitrogen functional groups attached to an aromatic ring is 1. The molecule has 160 valence electrons. The van der Waals surface area contributed by atoms with Gasteiger partial charge >= 0.3 is 0 Å². The molecule has 1 atom stereocenters. The summed E-state index contributed by atoms with van der Waals surface area (Å²) in [4.78, 5) is 19.7. The maximum Gasteiger partial charge on any atom is 0.241 e. The van der Waals surface area contributed by atoms with Crippen molar-refractivity contribution in [1.82, 2.24) is 20.0 Å². The number of carbonyl (C=O) groups excluding carboxylic acids is 1. The van der Waals surface area contributed by atoms with Gasteiger partial charge in [0.2, 0.25) is 21.9 Å². The summed E-state index contributed by atoms with van der Waals surface area (Å²) in [5.41, 5.74) is 6.89. The molecule has 0 saturated carbocycles. The van der Waals surface area contributed by atoms with Gasteiger partial charge in [-0.1, -0.05) is 30.3 Å². The van der Waals surface area contributed by atoms with Crippen LogP contribution in [0.4, 0.5) is 10.3 Å². The number of nitrogens with one attached hydrogen (secondary N) is 2.